The highest BCUT2D eigenvalue weighted by Gasteiger charge is 2.37. The van der Waals surface area contributed by atoms with Crippen molar-refractivity contribution >= 4 is 22.1 Å². The molecule has 0 N–H and O–H groups in total. The van der Waals surface area contributed by atoms with E-state index in [0.717, 1.165) is 8.61 Å². The summed E-state index contributed by atoms with van der Waals surface area (Å²) in [6.07, 6.45) is 3.16. The van der Waals surface area contributed by atoms with Crippen LogP contribution in [0.2, 0.25) is 0 Å². The van der Waals surface area contributed by atoms with Crippen molar-refractivity contribution < 1.29 is 27.5 Å². The van der Waals surface area contributed by atoms with Crippen molar-refractivity contribution in [2.24, 2.45) is 0 Å². The van der Waals surface area contributed by atoms with Crippen LogP contribution < -0.4 is 0 Å². The zero-order valence-electron chi connectivity index (χ0n) is 14.2. The van der Waals surface area contributed by atoms with Gasteiger partial charge in [0.15, 0.2) is 0 Å². The average Bonchev–Trinajstić information content (AvgIpc) is 2.65. The van der Waals surface area contributed by atoms with Gasteiger partial charge in [-0.05, 0) is 26.3 Å². The largest absolute Gasteiger partial charge is 0.464 e. The number of hydrogen-bond donors (Lipinski definition) is 0. The van der Waals surface area contributed by atoms with Gasteiger partial charge in [-0.15, -0.1) is 0 Å². The molecule has 1 aliphatic heterocycles. The fraction of sp³-hybridized carbons (Fsp3) is 0.467. The summed E-state index contributed by atoms with van der Waals surface area (Å²) < 4.78 is 37.1. The van der Waals surface area contributed by atoms with Crippen molar-refractivity contribution in [2.45, 2.75) is 20.8 Å². The summed E-state index contributed by atoms with van der Waals surface area (Å²) in [7, 11) is -3.05. The summed E-state index contributed by atoms with van der Waals surface area (Å²) in [4.78, 5) is 23.9. The van der Waals surface area contributed by atoms with Crippen LogP contribution in [0.15, 0.2) is 35.7 Å². The van der Waals surface area contributed by atoms with Crippen LogP contribution in [0, 0.1) is 0 Å². The summed E-state index contributed by atoms with van der Waals surface area (Å²) in [6, 6.07) is 0. The molecule has 9 heteroatoms. The van der Waals surface area contributed by atoms with Crippen molar-refractivity contribution in [1.82, 2.24) is 8.61 Å². The quantitative estimate of drug-likeness (QED) is 0.413. The lowest BCUT2D eigenvalue weighted by Gasteiger charge is -2.30. The molecule has 0 spiro atoms. The number of hydrogen-bond acceptors (Lipinski definition) is 6. The van der Waals surface area contributed by atoms with Crippen LogP contribution in [-0.4, -0.2) is 55.8 Å². The maximum Gasteiger partial charge on any atom is 0.355 e. The molecule has 0 amide bonds. The topological polar surface area (TPSA) is 93.2 Å². The molecular weight excluding hydrogens is 336 g/mol. The van der Waals surface area contributed by atoms with E-state index < -0.39 is 22.1 Å². The molecule has 0 atom stereocenters. The number of carbonyl (C=O) groups is 2. The first kappa shape index (κ1) is 19.8. The minimum absolute atomic E-state index is 0.0649. The number of rotatable bonds is 5. The molecule has 24 heavy (non-hydrogen) atoms. The Balaban J connectivity index is 3.37. The highest BCUT2D eigenvalue weighted by molar-refractivity contribution is 7.87. The van der Waals surface area contributed by atoms with Crippen molar-refractivity contribution in [3.05, 3.63) is 35.7 Å². The van der Waals surface area contributed by atoms with Gasteiger partial charge in [0.05, 0.1) is 26.8 Å². The standard InChI is InChI=1S/C15H22N2O6S/c1-6-23-14(18)12(4)16-9-7-8-10-17(24(16,20)21)13(11(2)3)15(19)22-5/h7-8H,4,6,9-10H2,1-3,5H3. The summed E-state index contributed by atoms with van der Waals surface area (Å²) >= 11 is 0. The Morgan fingerprint density at radius 2 is 1.67 bits per heavy atom. The maximum atomic E-state index is 13.0. The average molecular weight is 358 g/mol. The molecule has 0 saturated heterocycles. The van der Waals surface area contributed by atoms with Gasteiger partial charge in [0.1, 0.15) is 11.4 Å². The monoisotopic (exact) mass is 358 g/mol. The van der Waals surface area contributed by atoms with Crippen LogP contribution in [0.1, 0.15) is 20.8 Å². The van der Waals surface area contributed by atoms with Gasteiger partial charge in [0.25, 0.3) is 0 Å². The van der Waals surface area contributed by atoms with Gasteiger partial charge >= 0.3 is 22.1 Å². The van der Waals surface area contributed by atoms with Gasteiger partial charge in [-0.1, -0.05) is 18.7 Å². The van der Waals surface area contributed by atoms with E-state index in [4.69, 9.17) is 4.74 Å². The molecule has 134 valence electrons. The van der Waals surface area contributed by atoms with Crippen molar-refractivity contribution in [3.8, 4) is 0 Å². The third-order valence-electron chi connectivity index (χ3n) is 3.18. The number of allylic oxidation sites excluding steroid dienone is 1. The van der Waals surface area contributed by atoms with Gasteiger partial charge in [-0.25, -0.2) is 18.2 Å². The Kier molecular flexibility index (Phi) is 6.59. The van der Waals surface area contributed by atoms with Crippen LogP contribution >= 0.6 is 0 Å². The molecule has 1 aliphatic rings. The Morgan fingerprint density at radius 3 is 2.12 bits per heavy atom. The first-order valence-electron chi connectivity index (χ1n) is 7.25. The minimum Gasteiger partial charge on any atom is -0.464 e. The predicted octanol–water partition coefficient (Wildman–Crippen LogP) is 0.949. The van der Waals surface area contributed by atoms with E-state index in [2.05, 4.69) is 11.3 Å². The van der Waals surface area contributed by atoms with Gasteiger partial charge < -0.3 is 9.47 Å². The minimum atomic E-state index is -4.22. The number of esters is 2. The molecule has 0 aromatic heterocycles. The summed E-state index contributed by atoms with van der Waals surface area (Å²) in [5.74, 6) is -1.62. The predicted molar refractivity (Wildman–Crippen MR) is 87.6 cm³/mol. The van der Waals surface area contributed by atoms with E-state index in [1.54, 1.807) is 32.9 Å². The maximum absolute atomic E-state index is 13.0. The summed E-state index contributed by atoms with van der Waals surface area (Å²) in [5.41, 5.74) is 0.0273. The number of methoxy groups -OCH3 is 1. The first-order chi connectivity index (χ1) is 11.2. The SMILES string of the molecule is C=C(C(=O)OCC)N1CC=CCN(C(C(=O)OC)=C(C)C)S1(=O)=O. The second-order valence-corrected chi connectivity index (χ2v) is 6.83. The third-order valence-corrected chi connectivity index (χ3v) is 5.00. The second kappa shape index (κ2) is 8.00. The smallest absolute Gasteiger partial charge is 0.355 e. The molecule has 0 aliphatic carbocycles. The van der Waals surface area contributed by atoms with Crippen LogP contribution in [0.3, 0.4) is 0 Å². The zero-order chi connectivity index (χ0) is 18.5. The molecule has 0 radical (unpaired) electrons. The molecule has 0 aromatic rings. The molecule has 8 nitrogen and oxygen atoms in total. The summed E-state index contributed by atoms with van der Waals surface area (Å²) in [5, 5.41) is 0. The summed E-state index contributed by atoms with van der Waals surface area (Å²) in [6.45, 7) is 8.25. The van der Waals surface area contributed by atoms with Gasteiger partial charge in [-0.2, -0.15) is 8.42 Å². The van der Waals surface area contributed by atoms with Crippen LogP contribution in [0.4, 0.5) is 0 Å². The highest BCUT2D eigenvalue weighted by atomic mass is 32.2. The lowest BCUT2D eigenvalue weighted by molar-refractivity contribution is -0.139. The highest BCUT2D eigenvalue weighted by Crippen LogP contribution is 2.24. The van der Waals surface area contributed by atoms with Crippen LogP contribution in [0.5, 0.6) is 0 Å². The number of carbonyl (C=O) groups excluding carboxylic acids is 2. The Bertz CT molecular complexity index is 689. The van der Waals surface area contributed by atoms with E-state index in [1.807, 2.05) is 0 Å². The third kappa shape index (κ3) is 3.97. The first-order valence-corrected chi connectivity index (χ1v) is 8.65. The normalized spacial score (nSPS) is 16.2. The Hall–Kier alpha value is -2.29. The molecule has 0 aromatic carbocycles. The van der Waals surface area contributed by atoms with Gasteiger partial charge in [0, 0.05) is 0 Å². The van der Waals surface area contributed by atoms with E-state index in [1.165, 1.54) is 7.11 Å². The Morgan fingerprint density at radius 1 is 1.12 bits per heavy atom. The van der Waals surface area contributed by atoms with Crippen LogP contribution in [-0.2, 0) is 29.3 Å². The molecular formula is C15H22N2O6S. The van der Waals surface area contributed by atoms with Crippen molar-refractivity contribution in [3.63, 3.8) is 0 Å². The molecule has 0 fully saturated rings. The van der Waals surface area contributed by atoms with E-state index in [9.17, 15) is 18.0 Å². The van der Waals surface area contributed by atoms with Gasteiger partial charge in [0.2, 0.25) is 0 Å². The fourth-order valence-electron chi connectivity index (χ4n) is 2.07. The second-order valence-electron chi connectivity index (χ2n) is 5.05. The van der Waals surface area contributed by atoms with E-state index in [0.29, 0.717) is 5.57 Å². The molecule has 1 rings (SSSR count). The number of nitrogens with zero attached hydrogens (tertiary/aromatic N) is 2. The van der Waals surface area contributed by atoms with E-state index >= 15 is 0 Å². The van der Waals surface area contributed by atoms with Crippen molar-refractivity contribution in [1.29, 1.82) is 0 Å². The van der Waals surface area contributed by atoms with Gasteiger partial charge in [-0.3, -0.25) is 0 Å². The molecule has 0 bridgehead atoms. The Labute approximate surface area is 142 Å². The zero-order valence-corrected chi connectivity index (χ0v) is 15.1. The lowest BCUT2D eigenvalue weighted by Crippen LogP contribution is -2.45. The van der Waals surface area contributed by atoms with Crippen LogP contribution in [0.25, 0.3) is 0 Å². The molecule has 0 unspecified atom stereocenters. The van der Waals surface area contributed by atoms with E-state index in [-0.39, 0.29) is 31.1 Å². The molecule has 0 saturated carbocycles. The fourth-order valence-corrected chi connectivity index (χ4v) is 3.70. The lowest BCUT2D eigenvalue weighted by atomic mass is 10.2. The molecule has 1 heterocycles. The number of ether oxygens (including phenoxy) is 2. The van der Waals surface area contributed by atoms with Crippen molar-refractivity contribution in [2.75, 3.05) is 26.8 Å².